The number of carbonyl (C=O) groups is 1. The first kappa shape index (κ1) is 16.5. The third-order valence-corrected chi connectivity index (χ3v) is 2.88. The van der Waals surface area contributed by atoms with Crippen molar-refractivity contribution in [3.05, 3.63) is 29.8 Å². The first-order chi connectivity index (χ1) is 9.40. The van der Waals surface area contributed by atoms with Crippen LogP contribution in [0.15, 0.2) is 24.3 Å². The first-order valence-electron chi connectivity index (χ1n) is 7.07. The van der Waals surface area contributed by atoms with E-state index in [4.69, 9.17) is 4.74 Å². The Morgan fingerprint density at radius 2 is 2.00 bits per heavy atom. The number of ether oxygens (including phenoxy) is 1. The van der Waals surface area contributed by atoms with Gasteiger partial charge in [0.2, 0.25) is 0 Å². The van der Waals surface area contributed by atoms with Gasteiger partial charge in [-0.15, -0.1) is 0 Å². The predicted octanol–water partition coefficient (Wildman–Crippen LogP) is 2.29. The van der Waals surface area contributed by atoms with Gasteiger partial charge in [-0.1, -0.05) is 26.0 Å². The van der Waals surface area contributed by atoms with Crippen molar-refractivity contribution in [3.8, 4) is 5.75 Å². The minimum atomic E-state index is -0.469. The van der Waals surface area contributed by atoms with E-state index in [1.807, 2.05) is 18.2 Å². The Balaban J connectivity index is 2.57. The van der Waals surface area contributed by atoms with Crippen LogP contribution in [0.25, 0.3) is 0 Å². The number of benzene rings is 1. The fraction of sp³-hybridized carbons (Fsp3) is 0.562. The van der Waals surface area contributed by atoms with Crippen LogP contribution in [0.4, 0.5) is 0 Å². The number of rotatable bonds is 7. The van der Waals surface area contributed by atoms with E-state index in [2.05, 4.69) is 25.2 Å². The van der Waals surface area contributed by atoms with Gasteiger partial charge in [-0.05, 0) is 37.1 Å². The second kappa shape index (κ2) is 7.90. The molecule has 0 aliphatic heterocycles. The summed E-state index contributed by atoms with van der Waals surface area (Å²) >= 11 is 0. The van der Waals surface area contributed by atoms with Gasteiger partial charge < -0.3 is 15.0 Å². The lowest BCUT2D eigenvalue weighted by Gasteiger charge is -2.18. The molecule has 1 rings (SSSR count). The molecule has 0 fully saturated rings. The molecule has 1 atom stereocenters. The molecule has 0 saturated carbocycles. The minimum absolute atomic E-state index is 0.0339. The zero-order valence-electron chi connectivity index (χ0n) is 13.1. The van der Waals surface area contributed by atoms with Crippen molar-refractivity contribution in [1.29, 1.82) is 0 Å². The molecule has 0 saturated heterocycles. The van der Waals surface area contributed by atoms with Gasteiger partial charge in [0.1, 0.15) is 5.75 Å². The van der Waals surface area contributed by atoms with Crippen LogP contribution in [0.1, 0.15) is 26.3 Å². The molecule has 1 unspecified atom stereocenters. The molecule has 0 aliphatic carbocycles. The van der Waals surface area contributed by atoms with Gasteiger partial charge in [0.25, 0.3) is 5.91 Å². The van der Waals surface area contributed by atoms with Gasteiger partial charge in [0.15, 0.2) is 6.10 Å². The zero-order chi connectivity index (χ0) is 15.1. The lowest BCUT2D eigenvalue weighted by Crippen LogP contribution is -2.35. The maximum Gasteiger partial charge on any atom is 0.262 e. The van der Waals surface area contributed by atoms with Gasteiger partial charge in [0.05, 0.1) is 0 Å². The van der Waals surface area contributed by atoms with E-state index in [0.29, 0.717) is 5.92 Å². The quantitative estimate of drug-likeness (QED) is 0.832. The zero-order valence-corrected chi connectivity index (χ0v) is 13.1. The van der Waals surface area contributed by atoms with E-state index in [1.54, 1.807) is 25.9 Å². The van der Waals surface area contributed by atoms with Crippen molar-refractivity contribution in [2.24, 2.45) is 5.92 Å². The van der Waals surface area contributed by atoms with Gasteiger partial charge in [-0.25, -0.2) is 0 Å². The molecular formula is C16H26N2O2. The summed E-state index contributed by atoms with van der Waals surface area (Å²) in [5.41, 5.74) is 1.16. The molecule has 0 aliphatic rings. The highest BCUT2D eigenvalue weighted by Gasteiger charge is 2.16. The smallest absolute Gasteiger partial charge is 0.262 e. The monoisotopic (exact) mass is 278 g/mol. The maximum atomic E-state index is 11.8. The molecule has 0 radical (unpaired) electrons. The Kier molecular flexibility index (Phi) is 6.52. The third-order valence-electron chi connectivity index (χ3n) is 2.88. The van der Waals surface area contributed by atoms with Crippen LogP contribution in [0.5, 0.6) is 5.75 Å². The SMILES string of the molecule is CC(C)CNCc1cccc(OC(C)C(=O)N(C)C)c1. The van der Waals surface area contributed by atoms with E-state index in [9.17, 15) is 4.79 Å². The number of nitrogens with zero attached hydrogens (tertiary/aromatic N) is 1. The van der Waals surface area contributed by atoms with Crippen molar-refractivity contribution >= 4 is 5.91 Å². The fourth-order valence-corrected chi connectivity index (χ4v) is 1.85. The molecule has 1 aromatic rings. The van der Waals surface area contributed by atoms with E-state index in [0.717, 1.165) is 24.4 Å². The topological polar surface area (TPSA) is 41.6 Å². The van der Waals surface area contributed by atoms with Gasteiger partial charge in [0, 0.05) is 20.6 Å². The Morgan fingerprint density at radius 1 is 1.30 bits per heavy atom. The second-order valence-corrected chi connectivity index (χ2v) is 5.66. The van der Waals surface area contributed by atoms with Crippen molar-refractivity contribution in [2.45, 2.75) is 33.4 Å². The summed E-state index contributed by atoms with van der Waals surface area (Å²) < 4.78 is 5.69. The van der Waals surface area contributed by atoms with Crippen LogP contribution in [-0.4, -0.2) is 37.6 Å². The number of carbonyl (C=O) groups excluding carboxylic acids is 1. The second-order valence-electron chi connectivity index (χ2n) is 5.66. The number of likely N-dealkylation sites (N-methyl/N-ethyl adjacent to an activating group) is 1. The number of amides is 1. The summed E-state index contributed by atoms with van der Waals surface area (Å²) in [6.07, 6.45) is -0.469. The van der Waals surface area contributed by atoms with Crippen LogP contribution in [-0.2, 0) is 11.3 Å². The molecule has 1 aromatic carbocycles. The Bertz CT molecular complexity index is 430. The van der Waals surface area contributed by atoms with E-state index in [-0.39, 0.29) is 5.91 Å². The van der Waals surface area contributed by atoms with Gasteiger partial charge >= 0.3 is 0 Å². The Labute approximate surface area is 122 Å². The highest BCUT2D eigenvalue weighted by atomic mass is 16.5. The highest BCUT2D eigenvalue weighted by molar-refractivity contribution is 5.80. The average Bonchev–Trinajstić information content (AvgIpc) is 2.37. The molecule has 112 valence electrons. The third kappa shape index (κ3) is 5.61. The molecule has 20 heavy (non-hydrogen) atoms. The van der Waals surface area contributed by atoms with Crippen LogP contribution in [0, 0.1) is 5.92 Å². The first-order valence-corrected chi connectivity index (χ1v) is 7.07. The van der Waals surface area contributed by atoms with Crippen LogP contribution in [0.3, 0.4) is 0 Å². The molecule has 0 heterocycles. The summed E-state index contributed by atoms with van der Waals surface area (Å²) in [6.45, 7) is 7.93. The van der Waals surface area contributed by atoms with E-state index in [1.165, 1.54) is 0 Å². The predicted molar refractivity (Wildman–Crippen MR) is 81.8 cm³/mol. The minimum Gasteiger partial charge on any atom is -0.481 e. The summed E-state index contributed by atoms with van der Waals surface area (Å²) in [5.74, 6) is 1.33. The summed E-state index contributed by atoms with van der Waals surface area (Å²) in [6, 6.07) is 7.87. The van der Waals surface area contributed by atoms with Crippen LogP contribution in [0.2, 0.25) is 0 Å². The van der Waals surface area contributed by atoms with Crippen molar-refractivity contribution < 1.29 is 9.53 Å². The van der Waals surface area contributed by atoms with Gasteiger partial charge in [-0.3, -0.25) is 4.79 Å². The van der Waals surface area contributed by atoms with Crippen molar-refractivity contribution in [2.75, 3.05) is 20.6 Å². The Hall–Kier alpha value is -1.55. The molecule has 1 amide bonds. The summed E-state index contributed by atoms with van der Waals surface area (Å²) in [7, 11) is 3.46. The maximum absolute atomic E-state index is 11.8. The molecule has 4 nitrogen and oxygen atoms in total. The molecule has 0 bridgehead atoms. The largest absolute Gasteiger partial charge is 0.481 e. The van der Waals surface area contributed by atoms with Crippen LogP contribution < -0.4 is 10.1 Å². The number of hydrogen-bond donors (Lipinski definition) is 1. The molecule has 0 spiro atoms. The van der Waals surface area contributed by atoms with E-state index < -0.39 is 6.10 Å². The average molecular weight is 278 g/mol. The fourth-order valence-electron chi connectivity index (χ4n) is 1.85. The lowest BCUT2D eigenvalue weighted by molar-refractivity contribution is -0.135. The highest BCUT2D eigenvalue weighted by Crippen LogP contribution is 2.15. The molecular weight excluding hydrogens is 252 g/mol. The number of nitrogens with one attached hydrogen (secondary N) is 1. The van der Waals surface area contributed by atoms with Crippen molar-refractivity contribution in [3.63, 3.8) is 0 Å². The van der Waals surface area contributed by atoms with Crippen LogP contribution >= 0.6 is 0 Å². The Morgan fingerprint density at radius 3 is 2.60 bits per heavy atom. The molecule has 0 aromatic heterocycles. The van der Waals surface area contributed by atoms with Crippen molar-refractivity contribution in [1.82, 2.24) is 10.2 Å². The normalized spacial score (nSPS) is 12.3. The van der Waals surface area contributed by atoms with E-state index >= 15 is 0 Å². The lowest BCUT2D eigenvalue weighted by atomic mass is 10.2. The molecule has 4 heteroatoms. The number of hydrogen-bond acceptors (Lipinski definition) is 3. The van der Waals surface area contributed by atoms with Gasteiger partial charge in [-0.2, -0.15) is 0 Å². The summed E-state index contributed by atoms with van der Waals surface area (Å²) in [4.78, 5) is 13.3. The standard InChI is InChI=1S/C16H26N2O2/c1-12(2)10-17-11-14-7-6-8-15(9-14)20-13(3)16(19)18(4)5/h6-9,12-13,17H,10-11H2,1-5H3. The molecule has 1 N–H and O–H groups in total. The summed E-state index contributed by atoms with van der Waals surface area (Å²) in [5, 5.41) is 3.39.